The van der Waals surface area contributed by atoms with E-state index in [1.165, 1.54) is 6.07 Å². The first kappa shape index (κ1) is 11.1. The van der Waals surface area contributed by atoms with Crippen molar-refractivity contribution in [2.24, 2.45) is 11.7 Å². The fourth-order valence-corrected chi connectivity index (χ4v) is 2.45. The monoisotopic (exact) mass is 222 g/mol. The summed E-state index contributed by atoms with van der Waals surface area (Å²) in [6.07, 6.45) is 0. The standard InChI is InChI=1S/C12H15FN2O/c1-12(7-15-6-9(12)11(14)16)8-4-2-3-5-10(8)13/h2-5,9,15H,6-7H2,1H3,(H2,14,16). The Morgan fingerprint density at radius 2 is 2.25 bits per heavy atom. The van der Waals surface area contributed by atoms with Crippen molar-refractivity contribution < 1.29 is 9.18 Å². The van der Waals surface area contributed by atoms with Crippen LogP contribution in [0, 0.1) is 11.7 Å². The summed E-state index contributed by atoms with van der Waals surface area (Å²) < 4.78 is 13.7. The van der Waals surface area contributed by atoms with E-state index in [9.17, 15) is 9.18 Å². The van der Waals surface area contributed by atoms with Crippen molar-refractivity contribution in [1.82, 2.24) is 5.32 Å². The maximum atomic E-state index is 13.7. The van der Waals surface area contributed by atoms with Gasteiger partial charge < -0.3 is 11.1 Å². The zero-order valence-electron chi connectivity index (χ0n) is 9.16. The molecule has 3 nitrogen and oxygen atoms in total. The van der Waals surface area contributed by atoms with Crippen LogP contribution in [0.2, 0.25) is 0 Å². The number of halogens is 1. The molecule has 1 aromatic carbocycles. The van der Waals surface area contributed by atoms with Gasteiger partial charge in [0, 0.05) is 18.5 Å². The number of rotatable bonds is 2. The summed E-state index contributed by atoms with van der Waals surface area (Å²) >= 11 is 0. The molecule has 0 aliphatic carbocycles. The van der Waals surface area contributed by atoms with Crippen LogP contribution in [0.25, 0.3) is 0 Å². The van der Waals surface area contributed by atoms with Crippen molar-refractivity contribution in [2.45, 2.75) is 12.3 Å². The maximum Gasteiger partial charge on any atom is 0.222 e. The third kappa shape index (κ3) is 1.59. The summed E-state index contributed by atoms with van der Waals surface area (Å²) in [6, 6.07) is 6.55. The molecule has 86 valence electrons. The largest absolute Gasteiger partial charge is 0.369 e. The van der Waals surface area contributed by atoms with Crippen LogP contribution in [0.15, 0.2) is 24.3 Å². The first-order valence-corrected chi connectivity index (χ1v) is 5.31. The third-order valence-corrected chi connectivity index (χ3v) is 3.44. The summed E-state index contributed by atoms with van der Waals surface area (Å²) in [4.78, 5) is 11.4. The molecule has 0 spiro atoms. The minimum Gasteiger partial charge on any atom is -0.369 e. The Morgan fingerprint density at radius 1 is 1.56 bits per heavy atom. The molecule has 4 heteroatoms. The number of nitrogens with one attached hydrogen (secondary N) is 1. The van der Waals surface area contributed by atoms with Gasteiger partial charge in [-0.25, -0.2) is 4.39 Å². The normalized spacial score (nSPS) is 29.2. The molecule has 1 saturated heterocycles. The van der Waals surface area contributed by atoms with E-state index in [1.807, 2.05) is 6.92 Å². The van der Waals surface area contributed by atoms with E-state index in [1.54, 1.807) is 18.2 Å². The molecule has 1 amide bonds. The van der Waals surface area contributed by atoms with Crippen LogP contribution in [-0.2, 0) is 10.2 Å². The molecule has 0 bridgehead atoms. The van der Waals surface area contributed by atoms with Gasteiger partial charge in [0.05, 0.1) is 5.92 Å². The fraction of sp³-hybridized carbons (Fsp3) is 0.417. The van der Waals surface area contributed by atoms with Crippen LogP contribution < -0.4 is 11.1 Å². The lowest BCUT2D eigenvalue weighted by atomic mass is 9.73. The molecule has 16 heavy (non-hydrogen) atoms. The van der Waals surface area contributed by atoms with Crippen LogP contribution >= 0.6 is 0 Å². The van der Waals surface area contributed by atoms with Crippen LogP contribution in [0.5, 0.6) is 0 Å². The lowest BCUT2D eigenvalue weighted by Gasteiger charge is -2.29. The van der Waals surface area contributed by atoms with Crippen LogP contribution in [0.1, 0.15) is 12.5 Å². The number of primary amides is 1. The van der Waals surface area contributed by atoms with Gasteiger partial charge in [-0.1, -0.05) is 25.1 Å². The fourth-order valence-electron chi connectivity index (χ4n) is 2.45. The molecular weight excluding hydrogens is 207 g/mol. The quantitative estimate of drug-likeness (QED) is 0.777. The average molecular weight is 222 g/mol. The lowest BCUT2D eigenvalue weighted by Crippen LogP contribution is -2.40. The average Bonchev–Trinajstić information content (AvgIpc) is 2.62. The third-order valence-electron chi connectivity index (χ3n) is 3.44. The first-order chi connectivity index (χ1) is 7.55. The van der Waals surface area contributed by atoms with Crippen molar-refractivity contribution in [1.29, 1.82) is 0 Å². The Hall–Kier alpha value is -1.42. The molecule has 1 aromatic rings. The van der Waals surface area contributed by atoms with Crippen molar-refractivity contribution in [3.05, 3.63) is 35.6 Å². The van der Waals surface area contributed by atoms with E-state index in [4.69, 9.17) is 5.73 Å². The number of amides is 1. The summed E-state index contributed by atoms with van der Waals surface area (Å²) in [7, 11) is 0. The molecule has 0 saturated carbocycles. The highest BCUT2D eigenvalue weighted by Gasteiger charge is 2.44. The molecule has 1 aliphatic rings. The first-order valence-electron chi connectivity index (χ1n) is 5.31. The smallest absolute Gasteiger partial charge is 0.222 e. The van der Waals surface area contributed by atoms with Gasteiger partial charge in [-0.05, 0) is 11.6 Å². The van der Waals surface area contributed by atoms with E-state index in [0.29, 0.717) is 18.7 Å². The zero-order valence-corrected chi connectivity index (χ0v) is 9.16. The number of carbonyl (C=O) groups excluding carboxylic acids is 1. The molecule has 1 heterocycles. The van der Waals surface area contributed by atoms with Gasteiger partial charge in [-0.15, -0.1) is 0 Å². The molecule has 0 radical (unpaired) electrons. The minimum atomic E-state index is -0.544. The molecule has 1 aliphatic heterocycles. The number of benzene rings is 1. The Labute approximate surface area is 93.8 Å². The SMILES string of the molecule is CC1(c2ccccc2F)CNCC1C(N)=O. The number of hydrogen-bond acceptors (Lipinski definition) is 2. The van der Waals surface area contributed by atoms with E-state index >= 15 is 0 Å². The van der Waals surface area contributed by atoms with Crippen molar-refractivity contribution in [3.8, 4) is 0 Å². The zero-order chi connectivity index (χ0) is 11.8. The highest BCUT2D eigenvalue weighted by Crippen LogP contribution is 2.36. The van der Waals surface area contributed by atoms with Crippen LogP contribution in [0.4, 0.5) is 4.39 Å². The van der Waals surface area contributed by atoms with Gasteiger partial charge in [-0.2, -0.15) is 0 Å². The van der Waals surface area contributed by atoms with Crippen LogP contribution in [0.3, 0.4) is 0 Å². The molecule has 0 aromatic heterocycles. The topological polar surface area (TPSA) is 55.1 Å². The second-order valence-corrected chi connectivity index (χ2v) is 4.48. The van der Waals surface area contributed by atoms with Crippen molar-refractivity contribution in [3.63, 3.8) is 0 Å². The Balaban J connectivity index is 2.45. The Bertz CT molecular complexity index is 421. The minimum absolute atomic E-state index is 0.278. The van der Waals surface area contributed by atoms with E-state index in [-0.39, 0.29) is 17.6 Å². The second-order valence-electron chi connectivity index (χ2n) is 4.48. The molecule has 2 rings (SSSR count). The molecular formula is C12H15FN2O. The summed E-state index contributed by atoms with van der Waals surface area (Å²) in [6.45, 7) is 2.96. The van der Waals surface area contributed by atoms with Crippen molar-refractivity contribution in [2.75, 3.05) is 13.1 Å². The van der Waals surface area contributed by atoms with Crippen LogP contribution in [-0.4, -0.2) is 19.0 Å². The number of carbonyl (C=O) groups is 1. The second kappa shape index (κ2) is 3.87. The number of hydrogen-bond donors (Lipinski definition) is 2. The van der Waals surface area contributed by atoms with Gasteiger partial charge >= 0.3 is 0 Å². The summed E-state index contributed by atoms with van der Waals surface area (Å²) in [5, 5.41) is 3.10. The predicted molar refractivity (Wildman–Crippen MR) is 59.3 cm³/mol. The van der Waals surface area contributed by atoms with Gasteiger partial charge in [0.25, 0.3) is 0 Å². The van der Waals surface area contributed by atoms with E-state index in [2.05, 4.69) is 5.32 Å². The van der Waals surface area contributed by atoms with Gasteiger partial charge in [0.1, 0.15) is 5.82 Å². The lowest BCUT2D eigenvalue weighted by molar-refractivity contribution is -0.122. The maximum absolute atomic E-state index is 13.7. The highest BCUT2D eigenvalue weighted by molar-refractivity contribution is 5.79. The van der Waals surface area contributed by atoms with Crippen molar-refractivity contribution >= 4 is 5.91 Å². The Morgan fingerprint density at radius 3 is 2.88 bits per heavy atom. The number of nitrogens with two attached hydrogens (primary N) is 1. The molecule has 3 N–H and O–H groups in total. The highest BCUT2D eigenvalue weighted by atomic mass is 19.1. The van der Waals surface area contributed by atoms with Gasteiger partial charge in [-0.3, -0.25) is 4.79 Å². The Kier molecular flexibility index (Phi) is 2.68. The van der Waals surface area contributed by atoms with E-state index in [0.717, 1.165) is 0 Å². The summed E-state index contributed by atoms with van der Waals surface area (Å²) in [5.41, 5.74) is 5.37. The molecule has 2 unspecified atom stereocenters. The molecule has 1 fully saturated rings. The van der Waals surface area contributed by atoms with Gasteiger partial charge in [0.15, 0.2) is 0 Å². The predicted octanol–water partition coefficient (Wildman–Crippen LogP) is 0.788. The van der Waals surface area contributed by atoms with Gasteiger partial charge in [0.2, 0.25) is 5.91 Å². The van der Waals surface area contributed by atoms with E-state index < -0.39 is 5.41 Å². The molecule has 2 atom stereocenters. The summed E-state index contributed by atoms with van der Waals surface area (Å²) in [5.74, 6) is -1.01.